The largest absolute Gasteiger partial charge is 0.463 e. The molecule has 0 saturated heterocycles. The van der Waals surface area contributed by atoms with Crippen LogP contribution in [0, 0.1) is 6.92 Å². The lowest BCUT2D eigenvalue weighted by molar-refractivity contribution is -0.139. The molecule has 0 amide bonds. The fourth-order valence-electron chi connectivity index (χ4n) is 3.62. The Balaban J connectivity index is 1.96. The van der Waals surface area contributed by atoms with Crippen LogP contribution in [0.3, 0.4) is 0 Å². The molecule has 0 fully saturated rings. The van der Waals surface area contributed by atoms with Gasteiger partial charge in [0.15, 0.2) is 4.80 Å². The number of fused-ring (bicyclic) bond motifs is 1. The quantitative estimate of drug-likeness (QED) is 0.513. The summed E-state index contributed by atoms with van der Waals surface area (Å²) in [5, 5.41) is 0.962. The molecule has 0 radical (unpaired) electrons. The number of ether oxygens (including phenoxy) is 1. The lowest BCUT2D eigenvalue weighted by Gasteiger charge is -2.24. The van der Waals surface area contributed by atoms with Crippen LogP contribution in [0.15, 0.2) is 63.5 Å². The molecule has 0 aliphatic carbocycles. The number of halogens is 2. The molecule has 1 atom stereocenters. The number of aryl methyl sites for hydroxylation is 1. The van der Waals surface area contributed by atoms with Gasteiger partial charge in [-0.15, -0.1) is 0 Å². The molecule has 0 unspecified atom stereocenters. The Morgan fingerprint density at radius 1 is 1.19 bits per heavy atom. The minimum atomic E-state index is -0.631. The van der Waals surface area contributed by atoms with Gasteiger partial charge in [-0.05, 0) is 50.1 Å². The number of thiazole rings is 1. The Kier molecular flexibility index (Phi) is 6.38. The molecule has 1 aliphatic rings. The number of rotatable bonds is 4. The monoisotopic (exact) mass is 486 g/mol. The van der Waals surface area contributed by atoms with E-state index in [4.69, 9.17) is 27.9 Å². The maximum atomic E-state index is 13.5. The van der Waals surface area contributed by atoms with Crippen molar-refractivity contribution in [1.82, 2.24) is 4.57 Å². The van der Waals surface area contributed by atoms with Crippen molar-refractivity contribution < 1.29 is 9.53 Å². The summed E-state index contributed by atoms with van der Waals surface area (Å²) in [4.78, 5) is 31.5. The van der Waals surface area contributed by atoms with Crippen LogP contribution in [0.1, 0.15) is 36.6 Å². The van der Waals surface area contributed by atoms with Crippen LogP contribution < -0.4 is 14.9 Å². The smallest absolute Gasteiger partial charge is 0.338 e. The number of allylic oxidation sites excluding steroid dienone is 1. The zero-order valence-electron chi connectivity index (χ0n) is 17.7. The summed E-state index contributed by atoms with van der Waals surface area (Å²) in [5.41, 5.74) is 3.21. The molecule has 8 heteroatoms. The van der Waals surface area contributed by atoms with Crippen molar-refractivity contribution in [2.75, 3.05) is 6.61 Å². The Labute approximate surface area is 198 Å². The second-order valence-corrected chi connectivity index (χ2v) is 9.23. The third kappa shape index (κ3) is 4.18. The maximum Gasteiger partial charge on any atom is 0.338 e. The summed E-state index contributed by atoms with van der Waals surface area (Å²) in [7, 11) is 0. The molecule has 0 saturated carbocycles. The maximum absolute atomic E-state index is 13.5. The third-order valence-corrected chi connectivity index (χ3v) is 6.70. The van der Waals surface area contributed by atoms with Gasteiger partial charge in [0, 0.05) is 10.0 Å². The van der Waals surface area contributed by atoms with E-state index in [0.29, 0.717) is 36.2 Å². The number of carbonyl (C=O) groups excluding carboxylic acids is 1. The molecule has 2 aromatic carbocycles. The number of hydrogen-bond donors (Lipinski definition) is 0. The zero-order chi connectivity index (χ0) is 23.0. The number of nitrogens with zero attached hydrogens (tertiary/aromatic N) is 2. The topological polar surface area (TPSA) is 60.7 Å². The predicted octanol–water partition coefficient (Wildman–Crippen LogP) is 4.41. The summed E-state index contributed by atoms with van der Waals surface area (Å²) >= 11 is 13.6. The first-order valence-electron chi connectivity index (χ1n) is 10.0. The van der Waals surface area contributed by atoms with Gasteiger partial charge in [0.2, 0.25) is 0 Å². The van der Waals surface area contributed by atoms with Crippen molar-refractivity contribution in [2.45, 2.75) is 26.8 Å². The van der Waals surface area contributed by atoms with Crippen LogP contribution in [0.2, 0.25) is 10.0 Å². The number of aromatic nitrogens is 1. The van der Waals surface area contributed by atoms with E-state index in [1.807, 2.05) is 31.2 Å². The van der Waals surface area contributed by atoms with Crippen molar-refractivity contribution in [2.24, 2.45) is 4.99 Å². The van der Waals surface area contributed by atoms with Gasteiger partial charge < -0.3 is 4.74 Å². The molecule has 0 N–H and O–H groups in total. The summed E-state index contributed by atoms with van der Waals surface area (Å²) in [6.45, 7) is 5.73. The van der Waals surface area contributed by atoms with E-state index in [-0.39, 0.29) is 12.2 Å². The van der Waals surface area contributed by atoms with Crippen LogP contribution in [0.5, 0.6) is 0 Å². The van der Waals surface area contributed by atoms with Crippen molar-refractivity contribution >= 4 is 46.6 Å². The molecule has 5 nitrogen and oxygen atoms in total. The van der Waals surface area contributed by atoms with Gasteiger partial charge in [-0.1, -0.05) is 70.4 Å². The van der Waals surface area contributed by atoms with E-state index in [1.165, 1.54) is 11.3 Å². The summed E-state index contributed by atoms with van der Waals surface area (Å²) < 4.78 is 7.33. The molecule has 2 heterocycles. The van der Waals surface area contributed by atoms with Gasteiger partial charge >= 0.3 is 5.97 Å². The number of benzene rings is 2. The SMILES string of the molecule is CCOC(=O)C1=C(C)N=c2s/c(=C\c3ccc(Cl)cc3Cl)c(=O)n2[C@H]1c1ccc(C)cc1. The standard InChI is InChI=1S/C24H20Cl2N2O3S/c1-4-31-23(30)20-14(3)27-24-28(21(20)15-7-5-13(2)6-8-15)22(29)19(32-24)11-16-9-10-17(25)12-18(16)26/h5-12,21H,4H2,1-3H3/b19-11-/t21-/m0/s1. The predicted molar refractivity (Wildman–Crippen MR) is 128 cm³/mol. The van der Waals surface area contributed by atoms with E-state index in [0.717, 1.165) is 11.1 Å². The lowest BCUT2D eigenvalue weighted by Crippen LogP contribution is -2.39. The molecule has 4 rings (SSSR count). The minimum Gasteiger partial charge on any atom is -0.463 e. The molecule has 0 spiro atoms. The van der Waals surface area contributed by atoms with E-state index < -0.39 is 12.0 Å². The van der Waals surface area contributed by atoms with Crippen molar-refractivity contribution in [3.8, 4) is 0 Å². The lowest BCUT2D eigenvalue weighted by atomic mass is 9.95. The van der Waals surface area contributed by atoms with Crippen LogP contribution in [0.25, 0.3) is 6.08 Å². The van der Waals surface area contributed by atoms with Gasteiger partial charge in [-0.3, -0.25) is 9.36 Å². The fraction of sp³-hybridized carbons (Fsp3) is 0.208. The number of esters is 1. The molecule has 1 aromatic heterocycles. The zero-order valence-corrected chi connectivity index (χ0v) is 20.0. The molecule has 0 bridgehead atoms. The van der Waals surface area contributed by atoms with Crippen molar-refractivity contribution in [3.05, 3.63) is 100 Å². The average molecular weight is 487 g/mol. The second kappa shape index (κ2) is 9.06. The van der Waals surface area contributed by atoms with E-state index in [9.17, 15) is 9.59 Å². The first-order valence-corrected chi connectivity index (χ1v) is 11.6. The summed E-state index contributed by atoms with van der Waals surface area (Å²) in [5.74, 6) is -0.477. The van der Waals surface area contributed by atoms with Crippen molar-refractivity contribution in [3.63, 3.8) is 0 Å². The molecule has 3 aromatic rings. The van der Waals surface area contributed by atoms with Gasteiger partial charge in [0.1, 0.15) is 0 Å². The Bertz CT molecular complexity index is 1420. The summed E-state index contributed by atoms with van der Waals surface area (Å²) in [6, 6.07) is 12.2. The highest BCUT2D eigenvalue weighted by atomic mass is 35.5. The van der Waals surface area contributed by atoms with Crippen LogP contribution in [0.4, 0.5) is 0 Å². The van der Waals surface area contributed by atoms with Gasteiger partial charge in [0.05, 0.1) is 28.5 Å². The molecular weight excluding hydrogens is 467 g/mol. The first-order chi connectivity index (χ1) is 15.3. The van der Waals surface area contributed by atoms with Gasteiger partial charge in [0.25, 0.3) is 5.56 Å². The van der Waals surface area contributed by atoms with Gasteiger partial charge in [-0.25, -0.2) is 9.79 Å². The highest BCUT2D eigenvalue weighted by molar-refractivity contribution is 7.07. The molecular formula is C24H20Cl2N2O3S. The third-order valence-electron chi connectivity index (χ3n) is 5.16. The highest BCUT2D eigenvalue weighted by Gasteiger charge is 2.33. The Morgan fingerprint density at radius 2 is 1.91 bits per heavy atom. The Hall–Kier alpha value is -2.67. The van der Waals surface area contributed by atoms with E-state index in [1.54, 1.807) is 42.7 Å². The number of carbonyl (C=O) groups is 1. The first kappa shape index (κ1) is 22.5. The van der Waals surface area contributed by atoms with E-state index in [2.05, 4.69) is 4.99 Å². The van der Waals surface area contributed by atoms with Crippen molar-refractivity contribution in [1.29, 1.82) is 0 Å². The van der Waals surface area contributed by atoms with Crippen LogP contribution in [-0.4, -0.2) is 17.1 Å². The molecule has 1 aliphatic heterocycles. The van der Waals surface area contributed by atoms with Crippen LogP contribution in [-0.2, 0) is 9.53 Å². The van der Waals surface area contributed by atoms with Crippen LogP contribution >= 0.6 is 34.5 Å². The van der Waals surface area contributed by atoms with E-state index >= 15 is 0 Å². The molecule has 32 heavy (non-hydrogen) atoms. The average Bonchev–Trinajstić information content (AvgIpc) is 3.04. The highest BCUT2D eigenvalue weighted by Crippen LogP contribution is 2.31. The molecule has 164 valence electrons. The summed E-state index contributed by atoms with van der Waals surface area (Å²) in [6.07, 6.45) is 1.72. The van der Waals surface area contributed by atoms with Gasteiger partial charge in [-0.2, -0.15) is 0 Å². The number of hydrogen-bond acceptors (Lipinski definition) is 5. The minimum absolute atomic E-state index is 0.232. The fourth-order valence-corrected chi connectivity index (χ4v) is 5.12. The normalized spacial score (nSPS) is 16.0. The Morgan fingerprint density at radius 3 is 2.56 bits per heavy atom. The second-order valence-electron chi connectivity index (χ2n) is 7.38.